The highest BCUT2D eigenvalue weighted by atomic mass is 79.9. The van der Waals surface area contributed by atoms with Crippen LogP contribution in [0.3, 0.4) is 0 Å². The largest absolute Gasteiger partial charge is 0.497 e. The molecule has 0 amide bonds. The normalized spacial score (nSPS) is 16.4. The van der Waals surface area contributed by atoms with Crippen LogP contribution in [0.25, 0.3) is 0 Å². The summed E-state index contributed by atoms with van der Waals surface area (Å²) in [6, 6.07) is 28.4. The Morgan fingerprint density at radius 3 is 1.58 bits per heavy atom. The molecule has 19 heteroatoms. The second-order valence-electron chi connectivity index (χ2n) is 12.9. The van der Waals surface area contributed by atoms with Crippen LogP contribution in [-0.2, 0) is 12.4 Å². The molecule has 4 atom stereocenters. The molecule has 6 rings (SSSR count). The molecule has 0 unspecified atom stereocenters. The average Bonchev–Trinajstić information content (AvgIpc) is 3.84. The lowest BCUT2D eigenvalue weighted by Crippen LogP contribution is -2.34. The molecule has 2 aliphatic heterocycles. The van der Waals surface area contributed by atoms with Crippen molar-refractivity contribution in [1.82, 2.24) is 16.0 Å². The topological polar surface area (TPSA) is 57.8 Å². The minimum atomic E-state index is -4.34. The number of ether oxygens (including phenoxy) is 2. The highest BCUT2D eigenvalue weighted by Crippen LogP contribution is 2.38. The van der Waals surface area contributed by atoms with Crippen LogP contribution in [0.4, 0.5) is 32.0 Å². The Hall–Kier alpha value is -1.92. The van der Waals surface area contributed by atoms with Crippen LogP contribution in [0.5, 0.6) is 11.5 Å². The second-order valence-corrected chi connectivity index (χ2v) is 13.8. The number of halogens is 11. The Labute approximate surface area is 391 Å². The van der Waals surface area contributed by atoms with Gasteiger partial charge in [0.05, 0.1) is 25.3 Å². The molecule has 4 aromatic carbocycles. The van der Waals surface area contributed by atoms with Gasteiger partial charge in [-0.1, -0.05) is 64.5 Å². The molecule has 6 nitrogen and oxygen atoms in total. The lowest BCUT2D eigenvalue weighted by Gasteiger charge is -2.24. The van der Waals surface area contributed by atoms with Crippen molar-refractivity contribution >= 4 is 98.2 Å². The molecule has 59 heavy (non-hydrogen) atoms. The van der Waals surface area contributed by atoms with Crippen LogP contribution in [-0.4, -0.2) is 52.5 Å². The van der Waals surface area contributed by atoms with Gasteiger partial charge in [-0.05, 0) is 92.9 Å². The van der Waals surface area contributed by atoms with E-state index in [1.54, 1.807) is 32.4 Å². The van der Waals surface area contributed by atoms with Gasteiger partial charge in [0.2, 0.25) is 0 Å². The molecule has 0 radical (unpaired) electrons. The molecule has 0 bridgehead atoms. The van der Waals surface area contributed by atoms with Gasteiger partial charge in [-0.15, -0.1) is 49.6 Å². The molecule has 2 fully saturated rings. The highest BCUT2D eigenvalue weighted by Gasteiger charge is 2.36. The smallest absolute Gasteiger partial charge is 0.418 e. The summed E-state index contributed by atoms with van der Waals surface area (Å²) in [7, 11) is 3.34. The van der Waals surface area contributed by atoms with Gasteiger partial charge < -0.3 is 30.3 Å². The fourth-order valence-electron chi connectivity index (χ4n) is 6.31. The summed E-state index contributed by atoms with van der Waals surface area (Å²) in [6.07, 6.45) is -6.58. The van der Waals surface area contributed by atoms with E-state index in [1.165, 1.54) is 30.2 Å². The van der Waals surface area contributed by atoms with Crippen molar-refractivity contribution < 1.29 is 35.8 Å². The van der Waals surface area contributed by atoms with Crippen LogP contribution < -0.4 is 30.3 Å². The van der Waals surface area contributed by atoms with Crippen molar-refractivity contribution in [2.75, 3.05) is 45.3 Å². The first-order valence-corrected chi connectivity index (χ1v) is 18.2. The molecule has 0 saturated carbocycles. The highest BCUT2D eigenvalue weighted by molar-refractivity contribution is 9.10. The first-order chi connectivity index (χ1) is 25.2. The number of methoxy groups -OCH3 is 2. The summed E-state index contributed by atoms with van der Waals surface area (Å²) in [5.74, 6) is 1.72. The number of rotatable bonds is 9. The zero-order valence-electron chi connectivity index (χ0n) is 32.8. The van der Waals surface area contributed by atoms with Crippen molar-refractivity contribution in [2.45, 2.75) is 63.2 Å². The van der Waals surface area contributed by atoms with Crippen molar-refractivity contribution in [1.29, 1.82) is 0 Å². The maximum absolute atomic E-state index is 13.2. The number of para-hydroxylation sites is 1. The van der Waals surface area contributed by atoms with E-state index in [-0.39, 0.29) is 98.9 Å². The van der Waals surface area contributed by atoms with Gasteiger partial charge in [0.1, 0.15) is 11.5 Å². The third kappa shape index (κ3) is 19.3. The SMILES string of the molecule is COc1cccc([C@@H](C)N[C@H]2CCN(c3ccccc3C(F)(F)F)C2)c1.COc1cccc([C@@H](C)N[C@H]2CCNC2)c1.Cl.Cl.Cl.Cl.FC(F)(F)c1ccccc1Br.S.S. The van der Waals surface area contributed by atoms with Gasteiger partial charge in [0.15, 0.2) is 0 Å². The number of benzene rings is 4. The molecule has 336 valence electrons. The molecule has 2 aliphatic rings. The van der Waals surface area contributed by atoms with E-state index in [0.29, 0.717) is 25.2 Å². The van der Waals surface area contributed by atoms with Gasteiger partial charge in [-0.2, -0.15) is 53.3 Å². The molecular formula is C40H55BrCl4F6N4O2S2. The number of alkyl halides is 6. The van der Waals surface area contributed by atoms with Crippen LogP contribution in [0, 0.1) is 0 Å². The van der Waals surface area contributed by atoms with E-state index < -0.39 is 23.5 Å². The molecule has 2 saturated heterocycles. The summed E-state index contributed by atoms with van der Waals surface area (Å²) < 4.78 is 86.4. The van der Waals surface area contributed by atoms with Crippen LogP contribution in [0.15, 0.2) is 102 Å². The van der Waals surface area contributed by atoms with E-state index in [9.17, 15) is 26.3 Å². The predicted octanol–water partition coefficient (Wildman–Crippen LogP) is 11.7. The average molecular weight is 1020 g/mol. The lowest BCUT2D eigenvalue weighted by molar-refractivity contribution is -0.138. The first-order valence-electron chi connectivity index (χ1n) is 17.4. The fraction of sp³-hybridized carbons (Fsp3) is 0.400. The standard InChI is InChI=1S/C20H23F3N2O.C13H20N2O.C7H4BrF3.4ClH.2H2S/c1-14(15-6-5-7-17(12-15)26-2)24-16-10-11-25(13-16)19-9-4-3-8-18(19)20(21,22)23;1-10(15-12-6-7-14-9-12)11-4-3-5-13(8-11)16-2;8-6-4-2-1-3-5(6)7(9,10)11;;;;;;/h3-9,12,14,16,24H,10-11,13H2,1-2H3;3-5,8,10,12,14-15H,6-7,9H2,1-2H3;1-4H;4*1H;2*1H2/t14-,16+;10-,12+;;;;;;;/m11......./s1. The summed E-state index contributed by atoms with van der Waals surface area (Å²) >= 11 is 2.81. The minimum Gasteiger partial charge on any atom is -0.497 e. The number of hydrogen-bond donors (Lipinski definition) is 3. The monoisotopic (exact) mass is 1020 g/mol. The molecule has 0 aliphatic carbocycles. The fourth-order valence-corrected chi connectivity index (χ4v) is 6.82. The quantitative estimate of drug-likeness (QED) is 0.145. The van der Waals surface area contributed by atoms with E-state index in [0.717, 1.165) is 48.7 Å². The predicted molar refractivity (Wildman–Crippen MR) is 251 cm³/mol. The van der Waals surface area contributed by atoms with Gasteiger partial charge in [0, 0.05) is 54.0 Å². The van der Waals surface area contributed by atoms with Gasteiger partial charge in [-0.3, -0.25) is 0 Å². The molecule has 4 aromatic rings. The zero-order valence-corrected chi connectivity index (χ0v) is 39.7. The summed E-state index contributed by atoms with van der Waals surface area (Å²) in [5, 5.41) is 10.5. The number of nitrogens with one attached hydrogen (secondary N) is 3. The van der Waals surface area contributed by atoms with E-state index in [4.69, 9.17) is 9.47 Å². The van der Waals surface area contributed by atoms with Crippen molar-refractivity contribution in [2.24, 2.45) is 0 Å². The summed E-state index contributed by atoms with van der Waals surface area (Å²) in [5.41, 5.74) is 1.43. The maximum Gasteiger partial charge on any atom is 0.418 e. The first kappa shape index (κ1) is 61.4. The minimum absolute atomic E-state index is 0. The maximum atomic E-state index is 13.2. The van der Waals surface area contributed by atoms with Gasteiger partial charge in [-0.25, -0.2) is 0 Å². The van der Waals surface area contributed by atoms with Crippen LogP contribution >= 0.6 is 92.5 Å². The van der Waals surface area contributed by atoms with Gasteiger partial charge in [0.25, 0.3) is 0 Å². The number of hydrogen-bond acceptors (Lipinski definition) is 6. The molecule has 3 N–H and O–H groups in total. The van der Waals surface area contributed by atoms with E-state index in [2.05, 4.69) is 57.9 Å². The third-order valence-electron chi connectivity index (χ3n) is 9.14. The second kappa shape index (κ2) is 29.4. The number of anilines is 1. The lowest BCUT2D eigenvalue weighted by atomic mass is 10.1. The molecular weight excluding hydrogens is 968 g/mol. The Kier molecular flexibility index (Phi) is 30.6. The Morgan fingerprint density at radius 2 is 1.14 bits per heavy atom. The Bertz CT molecular complexity index is 1750. The van der Waals surface area contributed by atoms with Crippen molar-refractivity contribution in [3.63, 3.8) is 0 Å². The van der Waals surface area contributed by atoms with Crippen molar-refractivity contribution in [3.05, 3.63) is 124 Å². The van der Waals surface area contributed by atoms with E-state index in [1.807, 2.05) is 41.3 Å². The summed E-state index contributed by atoms with van der Waals surface area (Å²) in [6.45, 7) is 7.63. The molecule has 0 aromatic heterocycles. The van der Waals surface area contributed by atoms with Gasteiger partial charge >= 0.3 is 12.4 Å². The Balaban J connectivity index is -0.000000825. The van der Waals surface area contributed by atoms with Crippen molar-refractivity contribution in [3.8, 4) is 11.5 Å². The van der Waals surface area contributed by atoms with Crippen LogP contribution in [0.1, 0.15) is 61.0 Å². The van der Waals surface area contributed by atoms with E-state index >= 15 is 0 Å². The van der Waals surface area contributed by atoms with Crippen LogP contribution in [0.2, 0.25) is 0 Å². The molecule has 2 heterocycles. The number of nitrogens with zero attached hydrogens (tertiary/aromatic N) is 1. The Morgan fingerprint density at radius 1 is 0.661 bits per heavy atom. The molecule has 0 spiro atoms. The summed E-state index contributed by atoms with van der Waals surface area (Å²) in [4.78, 5) is 1.82. The zero-order chi connectivity index (χ0) is 38.6. The third-order valence-corrected chi connectivity index (χ3v) is 9.83.